The number of nitrogens with two attached hydrogens (primary N) is 1. The van der Waals surface area contributed by atoms with Crippen LogP contribution in [0.25, 0.3) is 0 Å². The van der Waals surface area contributed by atoms with Gasteiger partial charge in [0.25, 0.3) is 0 Å². The monoisotopic (exact) mass is 204 g/mol. The van der Waals surface area contributed by atoms with E-state index in [0.29, 0.717) is 12.0 Å². The molecule has 0 spiro atoms. The number of benzene rings is 1. The van der Waals surface area contributed by atoms with Crippen LogP contribution in [0, 0.1) is 0 Å². The third-order valence-corrected chi connectivity index (χ3v) is 3.41. The van der Waals surface area contributed by atoms with E-state index >= 15 is 0 Å². The molecular formula is C13H20N2. The van der Waals surface area contributed by atoms with Gasteiger partial charge in [-0.2, -0.15) is 0 Å². The van der Waals surface area contributed by atoms with Gasteiger partial charge in [-0.1, -0.05) is 30.3 Å². The Labute approximate surface area is 92.1 Å². The highest BCUT2D eigenvalue weighted by Crippen LogP contribution is 2.26. The fraction of sp³-hybridized carbons (Fsp3) is 0.538. The average Bonchev–Trinajstić information content (AvgIpc) is 2.43. The van der Waals surface area contributed by atoms with Gasteiger partial charge >= 0.3 is 0 Å². The van der Waals surface area contributed by atoms with Crippen molar-refractivity contribution in [3.05, 3.63) is 35.9 Å². The molecule has 2 nitrogen and oxygen atoms in total. The minimum absolute atomic E-state index is 0.317. The second kappa shape index (κ2) is 4.77. The first-order chi connectivity index (χ1) is 7.27. The maximum Gasteiger partial charge on any atom is 0.0120 e. The molecule has 2 unspecified atom stereocenters. The molecule has 1 saturated heterocycles. The maximum atomic E-state index is 6.25. The zero-order chi connectivity index (χ0) is 10.7. The Morgan fingerprint density at radius 2 is 1.80 bits per heavy atom. The van der Waals surface area contributed by atoms with E-state index in [2.05, 4.69) is 42.3 Å². The van der Waals surface area contributed by atoms with Crippen LogP contribution in [0.4, 0.5) is 0 Å². The highest BCUT2D eigenvalue weighted by Gasteiger charge is 2.23. The highest BCUT2D eigenvalue weighted by atomic mass is 15.1. The van der Waals surface area contributed by atoms with Crippen LogP contribution in [-0.4, -0.2) is 31.1 Å². The van der Waals surface area contributed by atoms with E-state index in [-0.39, 0.29) is 0 Å². The molecular weight excluding hydrogens is 184 g/mol. The van der Waals surface area contributed by atoms with Gasteiger partial charge in [-0.15, -0.1) is 0 Å². The summed E-state index contributed by atoms with van der Waals surface area (Å²) in [5.74, 6) is 0.538. The van der Waals surface area contributed by atoms with Crippen LogP contribution in [0.2, 0.25) is 0 Å². The third kappa shape index (κ3) is 2.58. The van der Waals surface area contributed by atoms with Gasteiger partial charge in [0.15, 0.2) is 0 Å². The first kappa shape index (κ1) is 10.7. The van der Waals surface area contributed by atoms with Gasteiger partial charge in [0.1, 0.15) is 0 Å². The van der Waals surface area contributed by atoms with Crippen molar-refractivity contribution < 1.29 is 0 Å². The van der Waals surface area contributed by atoms with Crippen LogP contribution in [0.1, 0.15) is 24.3 Å². The normalized spacial score (nSPS) is 28.7. The minimum Gasteiger partial charge on any atom is -0.327 e. The molecule has 1 fully saturated rings. The Hall–Kier alpha value is -0.860. The van der Waals surface area contributed by atoms with Crippen LogP contribution in [0.3, 0.4) is 0 Å². The Morgan fingerprint density at radius 1 is 1.13 bits per heavy atom. The molecule has 2 rings (SSSR count). The Morgan fingerprint density at radius 3 is 2.53 bits per heavy atom. The molecule has 15 heavy (non-hydrogen) atoms. The van der Waals surface area contributed by atoms with Gasteiger partial charge in [0, 0.05) is 12.0 Å². The molecule has 0 aromatic heterocycles. The standard InChI is InChI=1S/C13H20N2/c1-15-9-7-12(13(14)8-10-15)11-5-3-2-4-6-11/h2-6,12-13H,7-10,14H2,1H3. The first-order valence-electron chi connectivity index (χ1n) is 5.76. The van der Waals surface area contributed by atoms with Crippen molar-refractivity contribution in [3.8, 4) is 0 Å². The summed E-state index contributed by atoms with van der Waals surface area (Å²) in [4.78, 5) is 2.38. The summed E-state index contributed by atoms with van der Waals surface area (Å²) in [6, 6.07) is 11.0. The van der Waals surface area contributed by atoms with Crippen LogP contribution in [-0.2, 0) is 0 Å². The molecule has 1 heterocycles. The molecule has 1 aromatic rings. The van der Waals surface area contributed by atoms with Crippen molar-refractivity contribution in [2.24, 2.45) is 5.73 Å². The summed E-state index contributed by atoms with van der Waals surface area (Å²) in [5.41, 5.74) is 7.65. The summed E-state index contributed by atoms with van der Waals surface area (Å²) < 4.78 is 0. The zero-order valence-corrected chi connectivity index (χ0v) is 9.39. The molecule has 0 amide bonds. The van der Waals surface area contributed by atoms with Crippen LogP contribution in [0.5, 0.6) is 0 Å². The van der Waals surface area contributed by atoms with E-state index in [9.17, 15) is 0 Å². The molecule has 2 heteroatoms. The maximum absolute atomic E-state index is 6.25. The van der Waals surface area contributed by atoms with E-state index in [4.69, 9.17) is 5.73 Å². The predicted octanol–water partition coefficient (Wildman–Crippen LogP) is 1.82. The van der Waals surface area contributed by atoms with Gasteiger partial charge in [-0.05, 0) is 38.5 Å². The molecule has 2 atom stereocenters. The van der Waals surface area contributed by atoms with Crippen molar-refractivity contribution >= 4 is 0 Å². The Kier molecular flexibility index (Phi) is 3.39. The molecule has 2 N–H and O–H groups in total. The van der Waals surface area contributed by atoms with Gasteiger partial charge in [-0.25, -0.2) is 0 Å². The SMILES string of the molecule is CN1CCC(N)C(c2ccccc2)CC1. The Balaban J connectivity index is 2.13. The summed E-state index contributed by atoms with van der Waals surface area (Å²) in [6.45, 7) is 2.29. The van der Waals surface area contributed by atoms with Crippen molar-refractivity contribution in [1.82, 2.24) is 4.90 Å². The van der Waals surface area contributed by atoms with Crippen LogP contribution < -0.4 is 5.73 Å². The van der Waals surface area contributed by atoms with E-state index < -0.39 is 0 Å². The lowest BCUT2D eigenvalue weighted by atomic mass is 9.88. The van der Waals surface area contributed by atoms with E-state index in [1.165, 1.54) is 12.0 Å². The molecule has 1 aromatic carbocycles. The van der Waals surface area contributed by atoms with Crippen LogP contribution >= 0.6 is 0 Å². The lowest BCUT2D eigenvalue weighted by molar-refractivity contribution is 0.346. The molecule has 82 valence electrons. The predicted molar refractivity (Wildman–Crippen MR) is 63.9 cm³/mol. The van der Waals surface area contributed by atoms with Gasteiger partial charge in [0.05, 0.1) is 0 Å². The quantitative estimate of drug-likeness (QED) is 0.756. The summed E-state index contributed by atoms with van der Waals surface area (Å²) in [6.07, 6.45) is 2.29. The largest absolute Gasteiger partial charge is 0.327 e. The second-order valence-electron chi connectivity index (χ2n) is 4.56. The number of hydrogen-bond donors (Lipinski definition) is 1. The van der Waals surface area contributed by atoms with Gasteiger partial charge < -0.3 is 10.6 Å². The fourth-order valence-electron chi connectivity index (χ4n) is 2.37. The number of rotatable bonds is 1. The van der Waals surface area contributed by atoms with Crippen LogP contribution in [0.15, 0.2) is 30.3 Å². The van der Waals surface area contributed by atoms with E-state index in [1.54, 1.807) is 0 Å². The Bertz CT molecular complexity index is 297. The lowest BCUT2D eigenvalue weighted by Crippen LogP contribution is -2.28. The van der Waals surface area contributed by atoms with E-state index in [1.807, 2.05) is 0 Å². The number of nitrogens with zero attached hydrogens (tertiary/aromatic N) is 1. The first-order valence-corrected chi connectivity index (χ1v) is 5.76. The molecule has 0 aliphatic carbocycles. The average molecular weight is 204 g/mol. The topological polar surface area (TPSA) is 29.3 Å². The highest BCUT2D eigenvalue weighted by molar-refractivity contribution is 5.21. The third-order valence-electron chi connectivity index (χ3n) is 3.41. The number of hydrogen-bond acceptors (Lipinski definition) is 2. The molecule has 0 radical (unpaired) electrons. The van der Waals surface area contributed by atoms with Gasteiger partial charge in [0.2, 0.25) is 0 Å². The zero-order valence-electron chi connectivity index (χ0n) is 9.39. The van der Waals surface area contributed by atoms with E-state index in [0.717, 1.165) is 19.5 Å². The van der Waals surface area contributed by atoms with Gasteiger partial charge in [-0.3, -0.25) is 0 Å². The minimum atomic E-state index is 0.317. The molecule has 1 aliphatic heterocycles. The summed E-state index contributed by atoms with van der Waals surface area (Å²) in [7, 11) is 2.18. The summed E-state index contributed by atoms with van der Waals surface area (Å²) >= 11 is 0. The van der Waals surface area contributed by atoms with Crippen molar-refractivity contribution in [3.63, 3.8) is 0 Å². The lowest BCUT2D eigenvalue weighted by Gasteiger charge is -2.21. The second-order valence-corrected chi connectivity index (χ2v) is 4.56. The van der Waals surface area contributed by atoms with Crippen molar-refractivity contribution in [2.45, 2.75) is 24.8 Å². The summed E-state index contributed by atoms with van der Waals surface area (Å²) in [5, 5.41) is 0. The van der Waals surface area contributed by atoms with Crippen molar-refractivity contribution in [1.29, 1.82) is 0 Å². The molecule has 1 aliphatic rings. The van der Waals surface area contributed by atoms with Crippen molar-refractivity contribution in [2.75, 3.05) is 20.1 Å². The molecule has 0 bridgehead atoms. The number of likely N-dealkylation sites (tertiary alicyclic amines) is 1. The molecule has 0 saturated carbocycles. The fourth-order valence-corrected chi connectivity index (χ4v) is 2.37. The smallest absolute Gasteiger partial charge is 0.0120 e.